The summed E-state index contributed by atoms with van der Waals surface area (Å²) >= 11 is 1.97. The normalized spacial score (nSPS) is 28.9. The van der Waals surface area contributed by atoms with Gasteiger partial charge in [0.2, 0.25) is 0 Å². The molecule has 0 aromatic heterocycles. The molecule has 1 aromatic carbocycles. The van der Waals surface area contributed by atoms with Gasteiger partial charge in [0, 0.05) is 4.91 Å². The number of thioether (sulfide) groups is 1. The Balaban J connectivity index is 1.90. The predicted molar refractivity (Wildman–Crippen MR) is 73.9 cm³/mol. The molecule has 0 spiro atoms. The number of benzene rings is 1. The fraction of sp³-hybridized carbons (Fsp3) is 0.286. The second-order valence-electron chi connectivity index (χ2n) is 4.81. The summed E-state index contributed by atoms with van der Waals surface area (Å²) in [6, 6.07) is 8.56. The number of hydrogen-bond acceptors (Lipinski definition) is 3. The van der Waals surface area contributed by atoms with Crippen LogP contribution in [0.4, 0.5) is 11.4 Å². The number of nitrogens with one attached hydrogen (secondary N) is 1. The molecule has 2 aliphatic heterocycles. The van der Waals surface area contributed by atoms with E-state index in [0.717, 1.165) is 0 Å². The summed E-state index contributed by atoms with van der Waals surface area (Å²) in [5.41, 5.74) is 3.94. The average Bonchev–Trinajstić information content (AvgIpc) is 2.76. The highest BCUT2D eigenvalue weighted by Gasteiger charge is 2.47. The van der Waals surface area contributed by atoms with Crippen molar-refractivity contribution in [1.29, 1.82) is 0 Å². The lowest BCUT2D eigenvalue weighted by Gasteiger charge is -2.30. The van der Waals surface area contributed by atoms with Crippen LogP contribution in [0.1, 0.15) is 19.8 Å². The monoisotopic (exact) mass is 242 g/mol. The second-order valence-corrected chi connectivity index (χ2v) is 6.30. The van der Waals surface area contributed by atoms with E-state index in [4.69, 9.17) is 0 Å². The number of hydrogen-bond donors (Lipinski definition) is 1. The molecular formula is C14H14N2S. The van der Waals surface area contributed by atoms with Gasteiger partial charge in [-0.15, -0.1) is 0 Å². The van der Waals surface area contributed by atoms with E-state index in [1.165, 1.54) is 34.8 Å². The minimum absolute atomic E-state index is 0.0248. The number of fused-ring (bicyclic) bond motifs is 4. The molecule has 0 radical (unpaired) electrons. The van der Waals surface area contributed by atoms with Crippen LogP contribution in [-0.2, 0) is 0 Å². The smallest absolute Gasteiger partial charge is 0.165 e. The Morgan fingerprint density at radius 2 is 2.24 bits per heavy atom. The van der Waals surface area contributed by atoms with E-state index < -0.39 is 0 Å². The molecule has 2 nitrogen and oxygen atoms in total. The van der Waals surface area contributed by atoms with Gasteiger partial charge in [-0.25, -0.2) is 0 Å². The van der Waals surface area contributed by atoms with Crippen LogP contribution >= 0.6 is 11.8 Å². The standard InChI is InChI=1S/C14H14N2S/c1-14-15-10-6-2-3-7-11(10)16(14)12-8-4-5-9-13(12)17-14/h2-4,6-8,15H,5,9H2,1H3. The summed E-state index contributed by atoms with van der Waals surface area (Å²) < 4.78 is 0. The van der Waals surface area contributed by atoms with Crippen molar-refractivity contribution in [1.82, 2.24) is 0 Å². The van der Waals surface area contributed by atoms with Crippen LogP contribution in [0, 0.1) is 0 Å². The Labute approximate surface area is 105 Å². The van der Waals surface area contributed by atoms with Gasteiger partial charge in [0.25, 0.3) is 0 Å². The van der Waals surface area contributed by atoms with E-state index in [-0.39, 0.29) is 4.99 Å². The maximum Gasteiger partial charge on any atom is 0.165 e. The van der Waals surface area contributed by atoms with Crippen LogP contribution in [0.25, 0.3) is 0 Å². The van der Waals surface area contributed by atoms with Gasteiger partial charge >= 0.3 is 0 Å². The second kappa shape index (κ2) is 3.10. The van der Waals surface area contributed by atoms with Crippen molar-refractivity contribution >= 4 is 23.1 Å². The molecule has 0 fully saturated rings. The predicted octanol–water partition coefficient (Wildman–Crippen LogP) is 3.90. The lowest BCUT2D eigenvalue weighted by molar-refractivity contribution is 0.763. The van der Waals surface area contributed by atoms with E-state index in [9.17, 15) is 0 Å². The summed E-state index contributed by atoms with van der Waals surface area (Å²) in [4.78, 5) is 3.94. The molecule has 0 bridgehead atoms. The third-order valence-electron chi connectivity index (χ3n) is 3.60. The highest BCUT2D eigenvalue weighted by atomic mass is 32.2. The Morgan fingerprint density at radius 3 is 3.18 bits per heavy atom. The third kappa shape index (κ3) is 1.18. The van der Waals surface area contributed by atoms with Crippen molar-refractivity contribution in [3.63, 3.8) is 0 Å². The summed E-state index contributed by atoms with van der Waals surface area (Å²) in [6.45, 7) is 2.27. The fourth-order valence-electron chi connectivity index (χ4n) is 2.91. The van der Waals surface area contributed by atoms with Crippen molar-refractivity contribution in [2.24, 2.45) is 0 Å². The largest absolute Gasteiger partial charge is 0.352 e. The number of allylic oxidation sites excluding steroid dienone is 3. The highest BCUT2D eigenvalue weighted by Crippen LogP contribution is 2.56. The topological polar surface area (TPSA) is 15.3 Å². The molecule has 1 atom stereocenters. The average molecular weight is 242 g/mol. The molecule has 3 heteroatoms. The van der Waals surface area contributed by atoms with Gasteiger partial charge in [0.05, 0.1) is 17.1 Å². The minimum Gasteiger partial charge on any atom is -0.352 e. The molecular weight excluding hydrogens is 228 g/mol. The maximum absolute atomic E-state index is 3.64. The van der Waals surface area contributed by atoms with Crippen molar-refractivity contribution in [3.05, 3.63) is 47.0 Å². The summed E-state index contributed by atoms with van der Waals surface area (Å²) in [6.07, 6.45) is 6.93. The Morgan fingerprint density at radius 1 is 1.35 bits per heavy atom. The van der Waals surface area contributed by atoms with Crippen molar-refractivity contribution in [2.45, 2.75) is 24.8 Å². The molecule has 1 unspecified atom stereocenters. The summed E-state index contributed by atoms with van der Waals surface area (Å²) in [7, 11) is 0. The van der Waals surface area contributed by atoms with Crippen LogP contribution in [0.2, 0.25) is 0 Å². The molecule has 1 N–H and O–H groups in total. The molecule has 0 saturated heterocycles. The molecule has 17 heavy (non-hydrogen) atoms. The van der Waals surface area contributed by atoms with E-state index in [1.807, 2.05) is 11.8 Å². The Kier molecular flexibility index (Phi) is 1.76. The van der Waals surface area contributed by atoms with Gasteiger partial charge in [-0.1, -0.05) is 30.0 Å². The molecule has 4 rings (SSSR count). The zero-order chi connectivity index (χ0) is 11.5. The van der Waals surface area contributed by atoms with Crippen LogP contribution in [0.3, 0.4) is 0 Å². The number of nitrogens with zero attached hydrogens (tertiary/aromatic N) is 1. The molecule has 0 saturated carbocycles. The van der Waals surface area contributed by atoms with E-state index in [2.05, 4.69) is 53.6 Å². The molecule has 2 heterocycles. The first-order chi connectivity index (χ1) is 8.28. The third-order valence-corrected chi connectivity index (χ3v) is 4.94. The first-order valence-corrected chi connectivity index (χ1v) is 6.86. The highest BCUT2D eigenvalue weighted by molar-refractivity contribution is 8.04. The number of rotatable bonds is 0. The SMILES string of the molecule is CC12Nc3ccccc3N1C1=C(CCC=C1)S2. The summed E-state index contributed by atoms with van der Waals surface area (Å²) in [5, 5.41) is 3.64. The number of anilines is 2. The van der Waals surface area contributed by atoms with Crippen molar-refractivity contribution in [3.8, 4) is 0 Å². The minimum atomic E-state index is -0.0248. The van der Waals surface area contributed by atoms with Crippen LogP contribution in [0.15, 0.2) is 47.0 Å². The van der Waals surface area contributed by atoms with Gasteiger partial charge in [0.15, 0.2) is 4.99 Å². The molecule has 86 valence electrons. The molecule has 1 aromatic rings. The first-order valence-electron chi connectivity index (χ1n) is 6.04. The fourth-order valence-corrected chi connectivity index (χ4v) is 4.33. The van der Waals surface area contributed by atoms with Gasteiger partial charge < -0.3 is 10.2 Å². The maximum atomic E-state index is 3.64. The van der Waals surface area contributed by atoms with Crippen LogP contribution in [0.5, 0.6) is 0 Å². The molecule has 0 amide bonds. The van der Waals surface area contributed by atoms with Gasteiger partial charge in [0.1, 0.15) is 0 Å². The van der Waals surface area contributed by atoms with Crippen molar-refractivity contribution in [2.75, 3.05) is 10.2 Å². The first kappa shape index (κ1) is 9.66. The lowest BCUT2D eigenvalue weighted by atomic mass is 10.1. The molecule has 1 aliphatic carbocycles. The zero-order valence-corrected chi connectivity index (χ0v) is 10.6. The van der Waals surface area contributed by atoms with Gasteiger partial charge in [-0.2, -0.15) is 0 Å². The van der Waals surface area contributed by atoms with Gasteiger partial charge in [-0.05, 0) is 38.0 Å². The van der Waals surface area contributed by atoms with E-state index in [1.54, 1.807) is 0 Å². The quantitative estimate of drug-likeness (QED) is 0.742. The summed E-state index contributed by atoms with van der Waals surface area (Å²) in [5.74, 6) is 0. The van der Waals surface area contributed by atoms with Crippen LogP contribution in [-0.4, -0.2) is 4.99 Å². The van der Waals surface area contributed by atoms with Gasteiger partial charge in [-0.3, -0.25) is 0 Å². The lowest BCUT2D eigenvalue weighted by Crippen LogP contribution is -2.40. The van der Waals surface area contributed by atoms with Crippen molar-refractivity contribution < 1.29 is 0 Å². The van der Waals surface area contributed by atoms with E-state index >= 15 is 0 Å². The Bertz CT molecular complexity index is 561. The van der Waals surface area contributed by atoms with Crippen LogP contribution < -0.4 is 10.2 Å². The Hall–Kier alpha value is -1.35. The number of para-hydroxylation sites is 2. The molecule has 3 aliphatic rings. The van der Waals surface area contributed by atoms with E-state index in [0.29, 0.717) is 0 Å². The zero-order valence-electron chi connectivity index (χ0n) is 9.73.